The largest absolute Gasteiger partial charge is 0.367 e. The summed E-state index contributed by atoms with van der Waals surface area (Å²) in [6.45, 7) is 3.39. The van der Waals surface area contributed by atoms with Crippen LogP contribution in [-0.4, -0.2) is 25.0 Å². The van der Waals surface area contributed by atoms with E-state index in [1.807, 2.05) is 13.1 Å². The number of hydrogen-bond acceptors (Lipinski definition) is 2. The van der Waals surface area contributed by atoms with Crippen molar-refractivity contribution in [1.29, 1.82) is 0 Å². The Hall–Kier alpha value is -2.31. The molecule has 0 spiro atoms. The third-order valence-corrected chi connectivity index (χ3v) is 3.79. The maximum atomic E-state index is 13.6. The number of nitrogens with zero attached hydrogens (tertiary/aromatic N) is 1. The van der Waals surface area contributed by atoms with Crippen LogP contribution in [0.25, 0.3) is 0 Å². The minimum atomic E-state index is -0.171. The Morgan fingerprint density at radius 1 is 1.20 bits per heavy atom. The van der Waals surface area contributed by atoms with Crippen LogP contribution in [-0.2, 0) is 0 Å². The van der Waals surface area contributed by atoms with E-state index < -0.39 is 0 Å². The van der Waals surface area contributed by atoms with Gasteiger partial charge in [-0.3, -0.25) is 0 Å². The predicted molar refractivity (Wildman–Crippen MR) is 106 cm³/mol. The summed E-state index contributed by atoms with van der Waals surface area (Å²) >= 11 is 0. The average Bonchev–Trinajstić information content (AvgIpc) is 2.61. The van der Waals surface area contributed by atoms with Crippen LogP contribution in [0.5, 0.6) is 0 Å². The highest BCUT2D eigenvalue weighted by molar-refractivity contribution is 5.21. The van der Waals surface area contributed by atoms with Gasteiger partial charge in [-0.05, 0) is 63.7 Å². The van der Waals surface area contributed by atoms with E-state index in [1.54, 1.807) is 19.1 Å². The number of terminal acetylenes is 1. The molecule has 25 heavy (non-hydrogen) atoms. The van der Waals surface area contributed by atoms with Crippen LogP contribution < -0.4 is 5.32 Å². The summed E-state index contributed by atoms with van der Waals surface area (Å²) < 4.78 is 13.6. The molecule has 0 amide bonds. The number of rotatable bonds is 5. The molecule has 0 saturated heterocycles. The van der Waals surface area contributed by atoms with Crippen molar-refractivity contribution in [2.45, 2.75) is 32.2 Å². The molecule has 0 bridgehead atoms. The third-order valence-electron chi connectivity index (χ3n) is 3.79. The van der Waals surface area contributed by atoms with Gasteiger partial charge in [-0.2, -0.15) is 0 Å². The Morgan fingerprint density at radius 3 is 2.56 bits per heavy atom. The second kappa shape index (κ2) is 13.0. The molecule has 1 heterocycles. The molecule has 1 N–H and O–H groups in total. The van der Waals surface area contributed by atoms with E-state index in [4.69, 9.17) is 0 Å². The molecule has 0 aliphatic carbocycles. The van der Waals surface area contributed by atoms with Crippen molar-refractivity contribution in [3.63, 3.8) is 0 Å². The van der Waals surface area contributed by atoms with Crippen LogP contribution in [0, 0.1) is 18.2 Å². The van der Waals surface area contributed by atoms with E-state index in [-0.39, 0.29) is 11.9 Å². The van der Waals surface area contributed by atoms with Crippen molar-refractivity contribution >= 4 is 0 Å². The van der Waals surface area contributed by atoms with Gasteiger partial charge in [0.15, 0.2) is 0 Å². The predicted octanol–water partition coefficient (Wildman–Crippen LogP) is 4.84. The Kier molecular flexibility index (Phi) is 10.8. The second-order valence-electron chi connectivity index (χ2n) is 5.75. The monoisotopic (exact) mass is 340 g/mol. The molecule has 1 unspecified atom stereocenters. The van der Waals surface area contributed by atoms with Crippen molar-refractivity contribution < 1.29 is 4.39 Å². The van der Waals surface area contributed by atoms with E-state index in [2.05, 4.69) is 59.1 Å². The fourth-order valence-corrected chi connectivity index (χ4v) is 2.65. The van der Waals surface area contributed by atoms with Gasteiger partial charge in [-0.25, -0.2) is 4.39 Å². The van der Waals surface area contributed by atoms with Gasteiger partial charge in [0.2, 0.25) is 0 Å². The van der Waals surface area contributed by atoms with Crippen LogP contribution >= 0.6 is 0 Å². The highest BCUT2D eigenvalue weighted by Crippen LogP contribution is 2.25. The molecular weight excluding hydrogens is 311 g/mol. The lowest BCUT2D eigenvalue weighted by Gasteiger charge is -2.30. The zero-order valence-corrected chi connectivity index (χ0v) is 15.3. The smallest absolute Gasteiger partial charge is 0.123 e. The summed E-state index contributed by atoms with van der Waals surface area (Å²) in [5, 5.41) is 3.20. The lowest BCUT2D eigenvalue weighted by Crippen LogP contribution is -2.27. The van der Waals surface area contributed by atoms with Crippen molar-refractivity contribution in [2.75, 3.05) is 20.1 Å². The van der Waals surface area contributed by atoms with Gasteiger partial charge < -0.3 is 10.2 Å². The Bertz CT molecular complexity index is 611. The number of hydrogen-bond donors (Lipinski definition) is 1. The highest BCUT2D eigenvalue weighted by Gasteiger charge is 2.17. The van der Waals surface area contributed by atoms with Crippen LogP contribution in [0.2, 0.25) is 0 Å². The van der Waals surface area contributed by atoms with Crippen molar-refractivity contribution in [3.8, 4) is 12.3 Å². The first-order valence-corrected chi connectivity index (χ1v) is 8.72. The first-order chi connectivity index (χ1) is 12.2. The number of halogens is 1. The van der Waals surface area contributed by atoms with Gasteiger partial charge in [-0.15, -0.1) is 12.3 Å². The summed E-state index contributed by atoms with van der Waals surface area (Å²) in [4.78, 5) is 2.29. The van der Waals surface area contributed by atoms with Crippen molar-refractivity contribution in [3.05, 3.63) is 72.2 Å². The molecule has 1 aromatic rings. The Balaban J connectivity index is 0.000000970. The molecule has 0 radical (unpaired) electrons. The molecule has 0 aromatic heterocycles. The molecular formula is C22H29FN2. The van der Waals surface area contributed by atoms with Crippen molar-refractivity contribution in [2.24, 2.45) is 0 Å². The minimum Gasteiger partial charge on any atom is -0.367 e. The van der Waals surface area contributed by atoms with Crippen LogP contribution in [0.15, 0.2) is 60.8 Å². The van der Waals surface area contributed by atoms with Gasteiger partial charge >= 0.3 is 0 Å². The fourth-order valence-electron chi connectivity index (χ4n) is 2.65. The summed E-state index contributed by atoms with van der Waals surface area (Å²) in [6.07, 6.45) is 20.5. The second-order valence-corrected chi connectivity index (χ2v) is 5.75. The number of allylic oxidation sites excluding steroid dienone is 4. The van der Waals surface area contributed by atoms with Gasteiger partial charge in [0.05, 0.1) is 6.04 Å². The molecule has 3 heteroatoms. The van der Waals surface area contributed by atoms with E-state index in [9.17, 15) is 4.39 Å². The quantitative estimate of drug-likeness (QED) is 0.609. The summed E-state index contributed by atoms with van der Waals surface area (Å²) in [5.41, 5.74) is 1.03. The van der Waals surface area contributed by atoms with E-state index in [1.165, 1.54) is 6.07 Å². The summed E-state index contributed by atoms with van der Waals surface area (Å²) in [5.74, 6) is 2.08. The zero-order chi connectivity index (χ0) is 18.3. The number of benzene rings is 1. The van der Waals surface area contributed by atoms with Crippen molar-refractivity contribution in [1.82, 2.24) is 10.2 Å². The van der Waals surface area contributed by atoms with E-state index in [0.717, 1.165) is 37.9 Å². The molecule has 2 nitrogen and oxygen atoms in total. The highest BCUT2D eigenvalue weighted by atomic mass is 19.1. The van der Waals surface area contributed by atoms with E-state index in [0.29, 0.717) is 0 Å². The minimum absolute atomic E-state index is 0.171. The molecule has 1 aliphatic heterocycles. The summed E-state index contributed by atoms with van der Waals surface area (Å²) in [6, 6.07) is 7.13. The van der Waals surface area contributed by atoms with Gasteiger partial charge in [0.1, 0.15) is 5.82 Å². The normalized spacial score (nSPS) is 18.9. The first kappa shape index (κ1) is 20.7. The molecule has 134 valence electrons. The maximum Gasteiger partial charge on any atom is 0.123 e. The maximum absolute atomic E-state index is 13.6. The Morgan fingerprint density at radius 2 is 1.88 bits per heavy atom. The standard InChI is InChI=1S/C19H25FN2.C3H4/c1-21-13-12-19(17-10-9-11-18(20)16-17)22-14-7-5-3-2-4-6-8-15-22;1-3-2/h2-3,6-11,14,16,19,21H,4-5,12-13,15H2,1H3;1H,2H3/b3-2-,8-6-,14-7-;. The molecule has 2 rings (SSSR count). The molecule has 1 aromatic carbocycles. The number of nitrogens with one attached hydrogen (secondary N) is 1. The van der Waals surface area contributed by atoms with Crippen LogP contribution in [0.1, 0.15) is 37.8 Å². The zero-order valence-electron chi connectivity index (χ0n) is 15.3. The molecule has 0 fully saturated rings. The third kappa shape index (κ3) is 8.37. The van der Waals surface area contributed by atoms with Gasteiger partial charge in [0, 0.05) is 6.54 Å². The molecule has 0 saturated carbocycles. The molecule has 1 aliphatic rings. The summed E-state index contributed by atoms with van der Waals surface area (Å²) in [7, 11) is 1.95. The SMILES string of the molecule is C#CC.CNCCC(c1cccc(F)c1)N1/C=C\C/C=C\C/C=C\C1. The topological polar surface area (TPSA) is 15.3 Å². The molecule has 1 atom stereocenters. The van der Waals surface area contributed by atoms with Gasteiger partial charge in [-0.1, -0.05) is 42.5 Å². The fraction of sp³-hybridized carbons (Fsp3) is 0.364. The lowest BCUT2D eigenvalue weighted by atomic mass is 10.0. The van der Waals surface area contributed by atoms with E-state index >= 15 is 0 Å². The van der Waals surface area contributed by atoms with Gasteiger partial charge in [0.25, 0.3) is 0 Å². The Labute approximate surface area is 152 Å². The van der Waals surface area contributed by atoms with Crippen LogP contribution in [0.4, 0.5) is 4.39 Å². The first-order valence-electron chi connectivity index (χ1n) is 8.72. The lowest BCUT2D eigenvalue weighted by molar-refractivity contribution is 0.288. The average molecular weight is 340 g/mol. The van der Waals surface area contributed by atoms with Crippen LogP contribution in [0.3, 0.4) is 0 Å².